The van der Waals surface area contributed by atoms with Crippen LogP contribution in [0.5, 0.6) is 0 Å². The number of esters is 2. The van der Waals surface area contributed by atoms with Crippen molar-refractivity contribution in [3.8, 4) is 0 Å². The number of hydrogen-bond acceptors (Lipinski definition) is 6. The highest BCUT2D eigenvalue weighted by atomic mass is 35.5. The van der Waals surface area contributed by atoms with Crippen LogP contribution in [0.2, 0.25) is 0 Å². The highest BCUT2D eigenvalue weighted by Crippen LogP contribution is 2.31. The van der Waals surface area contributed by atoms with E-state index in [1.165, 1.54) is 12.2 Å². The van der Waals surface area contributed by atoms with E-state index in [1.807, 2.05) is 0 Å². The summed E-state index contributed by atoms with van der Waals surface area (Å²) in [7, 11) is 0. The van der Waals surface area contributed by atoms with E-state index in [0.29, 0.717) is 11.1 Å². The predicted octanol–water partition coefficient (Wildman–Crippen LogP) is 2.34. The molecular formula is C21H19ClO6. The van der Waals surface area contributed by atoms with Crippen LogP contribution in [-0.2, 0) is 9.47 Å². The number of carbonyl (C=O) groups excluding carboxylic acids is 2. The first-order valence-electron chi connectivity index (χ1n) is 8.63. The topological polar surface area (TPSA) is 93.1 Å². The molecule has 0 heterocycles. The summed E-state index contributed by atoms with van der Waals surface area (Å²) in [5.41, 5.74) is -1.43. The smallest absolute Gasteiger partial charge is 0.338 e. The maximum atomic E-state index is 12.2. The third-order valence-corrected chi connectivity index (χ3v) is 4.99. The number of carbonyl (C=O) groups is 2. The standard InChI is InChI=1S/C21H19ClO6/c22-17-12-11-16(28-20(25)15-9-5-2-6-10-15)18(23)21(17,26)13-27-19(24)14-7-3-1-4-8-14/h1-12,16-18,23,26H,13H2/t16-,17+,18-,21-/m0/s1. The largest absolute Gasteiger partial charge is 0.459 e. The third kappa shape index (κ3) is 4.25. The van der Waals surface area contributed by atoms with Crippen molar-refractivity contribution >= 4 is 23.5 Å². The van der Waals surface area contributed by atoms with Gasteiger partial charge in [-0.1, -0.05) is 42.5 Å². The molecule has 3 rings (SSSR count). The number of rotatable bonds is 5. The first-order valence-corrected chi connectivity index (χ1v) is 9.06. The van der Waals surface area contributed by atoms with Gasteiger partial charge in [-0.15, -0.1) is 11.6 Å². The molecule has 4 atom stereocenters. The van der Waals surface area contributed by atoms with Crippen LogP contribution in [0.4, 0.5) is 0 Å². The second-order valence-electron chi connectivity index (χ2n) is 6.40. The summed E-state index contributed by atoms with van der Waals surface area (Å²) in [6.07, 6.45) is 0.0592. The van der Waals surface area contributed by atoms with Gasteiger partial charge in [0.1, 0.15) is 24.4 Å². The van der Waals surface area contributed by atoms with Crippen LogP contribution in [0, 0.1) is 0 Å². The first-order chi connectivity index (χ1) is 13.4. The average molecular weight is 403 g/mol. The van der Waals surface area contributed by atoms with Crippen LogP contribution in [0.1, 0.15) is 20.7 Å². The van der Waals surface area contributed by atoms with Gasteiger partial charge >= 0.3 is 11.9 Å². The van der Waals surface area contributed by atoms with E-state index < -0.39 is 41.7 Å². The summed E-state index contributed by atoms with van der Waals surface area (Å²) in [5, 5.41) is 20.4. The quantitative estimate of drug-likeness (QED) is 0.453. The zero-order valence-corrected chi connectivity index (χ0v) is 15.5. The maximum Gasteiger partial charge on any atom is 0.338 e. The van der Waals surface area contributed by atoms with Gasteiger partial charge in [-0.05, 0) is 30.3 Å². The fourth-order valence-electron chi connectivity index (χ4n) is 2.80. The van der Waals surface area contributed by atoms with Crippen molar-refractivity contribution in [2.75, 3.05) is 6.61 Å². The summed E-state index contributed by atoms with van der Waals surface area (Å²) in [4.78, 5) is 24.4. The number of halogens is 1. The van der Waals surface area contributed by atoms with E-state index in [9.17, 15) is 19.8 Å². The Labute approximate surface area is 167 Å². The summed E-state index contributed by atoms with van der Waals surface area (Å²) < 4.78 is 10.4. The molecule has 0 aliphatic heterocycles. The number of ether oxygens (including phenoxy) is 2. The molecule has 0 amide bonds. The molecule has 28 heavy (non-hydrogen) atoms. The van der Waals surface area contributed by atoms with Gasteiger partial charge in [-0.2, -0.15) is 0 Å². The lowest BCUT2D eigenvalue weighted by Crippen LogP contribution is -2.60. The molecule has 0 bridgehead atoms. The minimum Gasteiger partial charge on any atom is -0.459 e. The Hall–Kier alpha value is -2.67. The molecule has 2 aromatic rings. The van der Waals surface area contributed by atoms with Crippen LogP contribution < -0.4 is 0 Å². The number of aliphatic hydroxyl groups excluding tert-OH is 1. The summed E-state index contributed by atoms with van der Waals surface area (Å²) in [6, 6.07) is 16.5. The van der Waals surface area contributed by atoms with Crippen molar-refractivity contribution in [3.63, 3.8) is 0 Å². The zero-order chi connectivity index (χ0) is 20.1. The number of benzene rings is 2. The SMILES string of the molecule is O=C(OC[C@]1(O)[C@H](Cl)C=C[C@H](OC(=O)c2ccccc2)[C@@H]1O)c1ccccc1. The van der Waals surface area contributed by atoms with E-state index in [1.54, 1.807) is 60.7 Å². The Kier molecular flexibility index (Phi) is 6.14. The van der Waals surface area contributed by atoms with Crippen molar-refractivity contribution in [1.82, 2.24) is 0 Å². The van der Waals surface area contributed by atoms with E-state index in [-0.39, 0.29) is 0 Å². The molecule has 146 valence electrons. The lowest BCUT2D eigenvalue weighted by Gasteiger charge is -2.40. The van der Waals surface area contributed by atoms with Gasteiger partial charge < -0.3 is 19.7 Å². The minimum atomic E-state index is -2.03. The summed E-state index contributed by atoms with van der Waals surface area (Å²) in [5.74, 6) is -1.33. The fraction of sp³-hybridized carbons (Fsp3) is 0.238. The molecule has 0 fully saturated rings. The van der Waals surface area contributed by atoms with Crippen molar-refractivity contribution in [3.05, 3.63) is 83.9 Å². The second kappa shape index (κ2) is 8.56. The van der Waals surface area contributed by atoms with Crippen molar-refractivity contribution < 1.29 is 29.3 Å². The van der Waals surface area contributed by atoms with Crippen molar-refractivity contribution in [1.29, 1.82) is 0 Å². The average Bonchev–Trinajstić information content (AvgIpc) is 2.74. The Balaban J connectivity index is 1.69. The third-order valence-electron chi connectivity index (χ3n) is 4.47. The Bertz CT molecular complexity index is 854. The van der Waals surface area contributed by atoms with Gasteiger partial charge in [0.25, 0.3) is 0 Å². The summed E-state index contributed by atoms with van der Waals surface area (Å²) >= 11 is 6.14. The second-order valence-corrected chi connectivity index (χ2v) is 6.87. The molecular weight excluding hydrogens is 384 g/mol. The predicted molar refractivity (Wildman–Crippen MR) is 102 cm³/mol. The van der Waals surface area contributed by atoms with Crippen LogP contribution in [-0.4, -0.2) is 51.9 Å². The van der Waals surface area contributed by atoms with E-state index in [2.05, 4.69) is 0 Å². The molecule has 2 N–H and O–H groups in total. The molecule has 0 aromatic heterocycles. The minimum absolute atomic E-state index is 0.296. The van der Waals surface area contributed by atoms with Crippen LogP contribution in [0.3, 0.4) is 0 Å². The monoisotopic (exact) mass is 402 g/mol. The molecule has 6 nitrogen and oxygen atoms in total. The van der Waals surface area contributed by atoms with Crippen LogP contribution >= 0.6 is 11.6 Å². The Morgan fingerprint density at radius 2 is 1.46 bits per heavy atom. The van der Waals surface area contributed by atoms with E-state index in [4.69, 9.17) is 21.1 Å². The molecule has 0 spiro atoms. The lowest BCUT2D eigenvalue weighted by atomic mass is 9.84. The van der Waals surface area contributed by atoms with Gasteiger partial charge in [0.15, 0.2) is 0 Å². The number of aliphatic hydroxyl groups is 2. The van der Waals surface area contributed by atoms with E-state index in [0.717, 1.165) is 0 Å². The van der Waals surface area contributed by atoms with Gasteiger partial charge in [-0.3, -0.25) is 0 Å². The van der Waals surface area contributed by atoms with Crippen molar-refractivity contribution in [2.45, 2.75) is 23.2 Å². The molecule has 1 aliphatic rings. The molecule has 0 unspecified atom stereocenters. The number of hydrogen-bond donors (Lipinski definition) is 2. The highest BCUT2D eigenvalue weighted by Gasteiger charge is 2.50. The van der Waals surface area contributed by atoms with Gasteiger partial charge in [0, 0.05) is 0 Å². The van der Waals surface area contributed by atoms with Crippen LogP contribution in [0.25, 0.3) is 0 Å². The molecule has 0 saturated carbocycles. The van der Waals surface area contributed by atoms with Crippen LogP contribution in [0.15, 0.2) is 72.8 Å². The molecule has 0 radical (unpaired) electrons. The Morgan fingerprint density at radius 3 is 2.04 bits per heavy atom. The summed E-state index contributed by atoms with van der Waals surface area (Å²) in [6.45, 7) is -0.570. The fourth-order valence-corrected chi connectivity index (χ4v) is 3.08. The molecule has 2 aromatic carbocycles. The van der Waals surface area contributed by atoms with Gasteiger partial charge in [0.05, 0.1) is 16.5 Å². The molecule has 0 saturated heterocycles. The molecule has 1 aliphatic carbocycles. The number of alkyl halides is 1. The van der Waals surface area contributed by atoms with E-state index >= 15 is 0 Å². The van der Waals surface area contributed by atoms with Crippen molar-refractivity contribution in [2.24, 2.45) is 0 Å². The first kappa shape index (κ1) is 20.1. The lowest BCUT2D eigenvalue weighted by molar-refractivity contribution is -0.140. The van der Waals surface area contributed by atoms with Gasteiger partial charge in [-0.25, -0.2) is 9.59 Å². The normalized spacial score (nSPS) is 26.5. The molecule has 7 heteroatoms. The van der Waals surface area contributed by atoms with Gasteiger partial charge in [0.2, 0.25) is 0 Å². The highest BCUT2D eigenvalue weighted by molar-refractivity contribution is 6.22. The Morgan fingerprint density at radius 1 is 0.929 bits per heavy atom. The zero-order valence-electron chi connectivity index (χ0n) is 14.8. The maximum absolute atomic E-state index is 12.2.